The quantitative estimate of drug-likeness (QED) is 0.753. The Labute approximate surface area is 131 Å². The molecular weight excluding hydrogens is 278 g/mol. The lowest BCUT2D eigenvalue weighted by Gasteiger charge is -2.22. The molecule has 22 heavy (non-hydrogen) atoms. The van der Waals surface area contributed by atoms with Crippen molar-refractivity contribution in [1.29, 1.82) is 0 Å². The van der Waals surface area contributed by atoms with Gasteiger partial charge < -0.3 is 16.0 Å². The molecule has 1 aliphatic rings. The highest BCUT2D eigenvalue weighted by atomic mass is 16.2. The van der Waals surface area contributed by atoms with Crippen LogP contribution in [-0.4, -0.2) is 24.9 Å². The summed E-state index contributed by atoms with van der Waals surface area (Å²) in [6.07, 6.45) is 3.94. The fraction of sp³-hybridized carbons (Fsp3) is 0.529. The lowest BCUT2D eigenvalue weighted by molar-refractivity contribution is -0.121. The summed E-state index contributed by atoms with van der Waals surface area (Å²) in [5.74, 6) is 0.715. The van der Waals surface area contributed by atoms with E-state index in [1.165, 1.54) is 19.8 Å². The number of hydrogen-bond donors (Lipinski definition) is 3. The lowest BCUT2D eigenvalue weighted by Crippen LogP contribution is -2.29. The first kappa shape index (κ1) is 16.5. The second kappa shape index (κ2) is 8.54. The fourth-order valence-corrected chi connectivity index (χ4v) is 2.70. The van der Waals surface area contributed by atoms with Crippen LogP contribution in [0.25, 0.3) is 0 Å². The van der Waals surface area contributed by atoms with Gasteiger partial charge in [-0.3, -0.25) is 9.59 Å². The molecule has 0 bridgehead atoms. The van der Waals surface area contributed by atoms with Crippen LogP contribution < -0.4 is 16.0 Å². The summed E-state index contributed by atoms with van der Waals surface area (Å²) < 4.78 is 0. The van der Waals surface area contributed by atoms with Gasteiger partial charge in [-0.1, -0.05) is 12.1 Å². The molecular formula is C17H25N3O2. The van der Waals surface area contributed by atoms with Crippen LogP contribution in [0.3, 0.4) is 0 Å². The average Bonchev–Trinajstić information content (AvgIpc) is 2.53. The van der Waals surface area contributed by atoms with Crippen molar-refractivity contribution >= 4 is 17.5 Å². The molecule has 5 nitrogen and oxygen atoms in total. The van der Waals surface area contributed by atoms with Gasteiger partial charge >= 0.3 is 0 Å². The third-order valence-corrected chi connectivity index (χ3v) is 4.00. The van der Waals surface area contributed by atoms with Gasteiger partial charge in [0.15, 0.2) is 0 Å². The number of nitrogens with one attached hydrogen (secondary N) is 3. The maximum Gasteiger partial charge on any atom is 0.221 e. The molecule has 120 valence electrons. The molecule has 0 saturated carbocycles. The summed E-state index contributed by atoms with van der Waals surface area (Å²) in [7, 11) is 0. The van der Waals surface area contributed by atoms with Crippen molar-refractivity contribution in [2.24, 2.45) is 5.92 Å². The summed E-state index contributed by atoms with van der Waals surface area (Å²) >= 11 is 0. The Bertz CT molecular complexity index is 493. The first-order chi connectivity index (χ1) is 10.6. The molecule has 1 aromatic carbocycles. The minimum absolute atomic E-state index is 0.0843. The van der Waals surface area contributed by atoms with Crippen LogP contribution in [0.1, 0.15) is 38.2 Å². The summed E-state index contributed by atoms with van der Waals surface area (Å²) in [5, 5.41) is 9.02. The van der Waals surface area contributed by atoms with E-state index < -0.39 is 0 Å². The molecule has 1 saturated heterocycles. The summed E-state index contributed by atoms with van der Waals surface area (Å²) in [6, 6.07) is 7.52. The molecule has 0 unspecified atom stereocenters. The van der Waals surface area contributed by atoms with E-state index in [0.717, 1.165) is 30.8 Å². The number of piperidine rings is 1. The second-order valence-corrected chi connectivity index (χ2v) is 5.89. The summed E-state index contributed by atoms with van der Waals surface area (Å²) in [6.45, 7) is 4.17. The van der Waals surface area contributed by atoms with Crippen LogP contribution in [-0.2, 0) is 16.1 Å². The van der Waals surface area contributed by atoms with Crippen molar-refractivity contribution in [3.63, 3.8) is 0 Å². The molecule has 0 aromatic heterocycles. The zero-order valence-electron chi connectivity index (χ0n) is 13.2. The Morgan fingerprint density at radius 1 is 1.18 bits per heavy atom. The topological polar surface area (TPSA) is 70.2 Å². The molecule has 2 amide bonds. The van der Waals surface area contributed by atoms with Crippen LogP contribution in [0.15, 0.2) is 24.3 Å². The smallest absolute Gasteiger partial charge is 0.221 e. The van der Waals surface area contributed by atoms with Crippen LogP contribution in [0.4, 0.5) is 5.69 Å². The zero-order chi connectivity index (χ0) is 15.8. The summed E-state index contributed by atoms with van der Waals surface area (Å²) in [5.41, 5.74) is 1.80. The van der Waals surface area contributed by atoms with Gasteiger partial charge in [0.2, 0.25) is 11.8 Å². The number of carbonyl (C=O) groups excluding carboxylic acids is 2. The van der Waals surface area contributed by atoms with Crippen molar-refractivity contribution in [3.05, 3.63) is 29.8 Å². The molecule has 3 N–H and O–H groups in total. The van der Waals surface area contributed by atoms with Crippen LogP contribution in [0, 0.1) is 5.92 Å². The number of anilines is 1. The maximum absolute atomic E-state index is 11.9. The van der Waals surface area contributed by atoms with E-state index >= 15 is 0 Å². The number of carbonyl (C=O) groups is 2. The molecule has 0 aliphatic carbocycles. The predicted octanol–water partition coefficient (Wildman–Crippen LogP) is 2.04. The van der Waals surface area contributed by atoms with Gasteiger partial charge in [-0.2, -0.15) is 0 Å². The van der Waals surface area contributed by atoms with Crippen molar-refractivity contribution in [1.82, 2.24) is 10.6 Å². The van der Waals surface area contributed by atoms with E-state index in [9.17, 15) is 9.59 Å². The number of hydrogen-bond acceptors (Lipinski definition) is 3. The van der Waals surface area contributed by atoms with Crippen molar-refractivity contribution in [2.45, 2.75) is 39.2 Å². The van der Waals surface area contributed by atoms with Gasteiger partial charge in [0.1, 0.15) is 0 Å². The molecule has 0 atom stereocenters. The number of amides is 2. The highest BCUT2D eigenvalue weighted by Gasteiger charge is 2.14. The average molecular weight is 303 g/mol. The van der Waals surface area contributed by atoms with Crippen molar-refractivity contribution in [2.75, 3.05) is 18.4 Å². The van der Waals surface area contributed by atoms with Crippen LogP contribution >= 0.6 is 0 Å². The predicted molar refractivity (Wildman–Crippen MR) is 87.4 cm³/mol. The molecule has 1 fully saturated rings. The molecule has 0 spiro atoms. The van der Waals surface area contributed by atoms with Gasteiger partial charge in [0.05, 0.1) is 0 Å². The minimum atomic E-state index is -0.0843. The normalized spacial score (nSPS) is 15.3. The second-order valence-electron chi connectivity index (χ2n) is 5.89. The van der Waals surface area contributed by atoms with Crippen molar-refractivity contribution in [3.8, 4) is 0 Å². The SMILES string of the molecule is CC(=O)Nc1ccc(CNC(=O)CCC2CCNCC2)cc1. The first-order valence-corrected chi connectivity index (χ1v) is 7.97. The van der Waals surface area contributed by atoms with E-state index in [1.807, 2.05) is 24.3 Å². The third kappa shape index (κ3) is 5.85. The number of rotatable bonds is 6. The van der Waals surface area contributed by atoms with E-state index in [-0.39, 0.29) is 11.8 Å². The Morgan fingerprint density at radius 3 is 2.50 bits per heavy atom. The van der Waals surface area contributed by atoms with Gasteiger partial charge in [-0.25, -0.2) is 0 Å². The van der Waals surface area contributed by atoms with Crippen LogP contribution in [0.2, 0.25) is 0 Å². The fourth-order valence-electron chi connectivity index (χ4n) is 2.70. The first-order valence-electron chi connectivity index (χ1n) is 7.97. The largest absolute Gasteiger partial charge is 0.352 e. The standard InChI is InChI=1S/C17H25N3O2/c1-13(21)20-16-5-2-15(3-6-16)12-19-17(22)7-4-14-8-10-18-11-9-14/h2-3,5-6,14,18H,4,7-12H2,1H3,(H,19,22)(H,20,21). The lowest BCUT2D eigenvalue weighted by atomic mass is 9.93. The maximum atomic E-state index is 11.9. The minimum Gasteiger partial charge on any atom is -0.352 e. The summed E-state index contributed by atoms with van der Waals surface area (Å²) in [4.78, 5) is 22.8. The molecule has 1 heterocycles. The van der Waals surface area contributed by atoms with Crippen LogP contribution in [0.5, 0.6) is 0 Å². The Kier molecular flexibility index (Phi) is 6.40. The molecule has 0 radical (unpaired) electrons. The van der Waals surface area contributed by atoms with Gasteiger partial charge in [0.25, 0.3) is 0 Å². The van der Waals surface area contributed by atoms with Gasteiger partial charge in [0, 0.05) is 25.6 Å². The molecule has 1 aromatic rings. The molecule has 2 rings (SSSR count). The van der Waals surface area contributed by atoms with E-state index in [1.54, 1.807) is 0 Å². The highest BCUT2D eigenvalue weighted by molar-refractivity contribution is 5.88. The third-order valence-electron chi connectivity index (χ3n) is 4.00. The van der Waals surface area contributed by atoms with Crippen molar-refractivity contribution < 1.29 is 9.59 Å². The Morgan fingerprint density at radius 2 is 1.86 bits per heavy atom. The zero-order valence-corrected chi connectivity index (χ0v) is 13.2. The Balaban J connectivity index is 1.68. The molecule has 5 heteroatoms. The van der Waals surface area contributed by atoms with E-state index in [0.29, 0.717) is 18.9 Å². The van der Waals surface area contributed by atoms with E-state index in [2.05, 4.69) is 16.0 Å². The van der Waals surface area contributed by atoms with Gasteiger partial charge in [-0.05, 0) is 56.0 Å². The molecule has 1 aliphatic heterocycles. The highest BCUT2D eigenvalue weighted by Crippen LogP contribution is 2.17. The van der Waals surface area contributed by atoms with E-state index in [4.69, 9.17) is 0 Å². The number of benzene rings is 1. The van der Waals surface area contributed by atoms with Gasteiger partial charge in [-0.15, -0.1) is 0 Å². The Hall–Kier alpha value is -1.88. The monoisotopic (exact) mass is 303 g/mol.